The van der Waals surface area contributed by atoms with Crippen molar-refractivity contribution < 1.29 is 22.7 Å². The number of nitrogens with one attached hydrogen (secondary N) is 1. The largest absolute Gasteiger partial charge is 0.465 e. The molecule has 1 saturated heterocycles. The van der Waals surface area contributed by atoms with Crippen LogP contribution in [0.15, 0.2) is 59.5 Å². The Balaban J connectivity index is 1.76. The predicted octanol–water partition coefficient (Wildman–Crippen LogP) is 2.51. The lowest BCUT2D eigenvalue weighted by molar-refractivity contribution is -0.120. The second kappa shape index (κ2) is 8.53. The number of hydrogen-bond donors (Lipinski definition) is 1. The van der Waals surface area contributed by atoms with Gasteiger partial charge in [-0.1, -0.05) is 24.3 Å². The Kier molecular flexibility index (Phi) is 6.11. The highest BCUT2D eigenvalue weighted by molar-refractivity contribution is 7.89. The quantitative estimate of drug-likeness (QED) is 0.776. The van der Waals surface area contributed by atoms with Crippen LogP contribution in [-0.2, 0) is 19.6 Å². The molecule has 8 heteroatoms. The fourth-order valence-corrected chi connectivity index (χ4v) is 4.76. The summed E-state index contributed by atoms with van der Waals surface area (Å²) in [6, 6.07) is 14.8. The summed E-state index contributed by atoms with van der Waals surface area (Å²) in [7, 11) is -2.58. The molecule has 0 saturated carbocycles. The van der Waals surface area contributed by atoms with E-state index in [1.807, 2.05) is 18.2 Å². The van der Waals surface area contributed by atoms with Gasteiger partial charge in [0.25, 0.3) is 0 Å². The maximum Gasteiger partial charge on any atom is 0.337 e. The van der Waals surface area contributed by atoms with E-state index in [-0.39, 0.29) is 22.9 Å². The van der Waals surface area contributed by atoms with Crippen LogP contribution in [0.4, 0.5) is 5.69 Å². The summed E-state index contributed by atoms with van der Waals surface area (Å²) in [5, 5.41) is 2.83. The number of para-hydroxylation sites is 1. The van der Waals surface area contributed by atoms with E-state index in [9.17, 15) is 18.0 Å². The summed E-state index contributed by atoms with van der Waals surface area (Å²) >= 11 is 0. The van der Waals surface area contributed by atoms with Crippen molar-refractivity contribution in [3.8, 4) is 0 Å². The van der Waals surface area contributed by atoms with Gasteiger partial charge in [-0.2, -0.15) is 4.31 Å². The number of sulfonamides is 1. The molecule has 1 amide bonds. The molecule has 1 N–H and O–H groups in total. The zero-order valence-electron chi connectivity index (χ0n) is 15.5. The van der Waals surface area contributed by atoms with Gasteiger partial charge in [-0.05, 0) is 43.2 Å². The number of hydrogen-bond acceptors (Lipinski definition) is 5. The molecule has 0 aromatic heterocycles. The Morgan fingerprint density at radius 2 is 1.86 bits per heavy atom. The fraction of sp³-hybridized carbons (Fsp3) is 0.300. The second-order valence-corrected chi connectivity index (χ2v) is 8.51. The lowest BCUT2D eigenvalue weighted by atomic mass is 9.99. The summed E-state index contributed by atoms with van der Waals surface area (Å²) in [5.74, 6) is -1.24. The van der Waals surface area contributed by atoms with Crippen LogP contribution >= 0.6 is 0 Å². The Bertz CT molecular complexity index is 960. The molecular formula is C20H22N2O5S. The smallest absolute Gasteiger partial charge is 0.337 e. The molecular weight excluding hydrogens is 380 g/mol. The highest BCUT2D eigenvalue weighted by Crippen LogP contribution is 2.25. The molecule has 1 unspecified atom stereocenters. The molecule has 3 rings (SSSR count). The summed E-state index contributed by atoms with van der Waals surface area (Å²) in [6.45, 7) is 0.434. The first-order chi connectivity index (χ1) is 13.4. The first kappa shape index (κ1) is 20.0. The lowest BCUT2D eigenvalue weighted by Crippen LogP contribution is -2.43. The zero-order chi connectivity index (χ0) is 20.1. The average Bonchev–Trinajstić information content (AvgIpc) is 2.74. The van der Waals surface area contributed by atoms with E-state index in [0.717, 1.165) is 0 Å². The van der Waals surface area contributed by atoms with Crippen LogP contribution in [-0.4, -0.2) is 44.8 Å². The molecule has 0 aliphatic carbocycles. The molecule has 2 aromatic carbocycles. The molecule has 2 aromatic rings. The Labute approximate surface area is 164 Å². The van der Waals surface area contributed by atoms with E-state index in [1.54, 1.807) is 12.1 Å². The second-order valence-electron chi connectivity index (χ2n) is 6.58. The highest BCUT2D eigenvalue weighted by Gasteiger charge is 2.33. The van der Waals surface area contributed by atoms with Gasteiger partial charge in [0.2, 0.25) is 15.9 Å². The minimum absolute atomic E-state index is 0.0134. The molecule has 0 radical (unpaired) electrons. The molecule has 1 aliphatic heterocycles. The predicted molar refractivity (Wildman–Crippen MR) is 104 cm³/mol. The van der Waals surface area contributed by atoms with Gasteiger partial charge in [0, 0.05) is 18.8 Å². The van der Waals surface area contributed by atoms with Crippen LogP contribution in [0, 0.1) is 5.92 Å². The number of benzene rings is 2. The first-order valence-corrected chi connectivity index (χ1v) is 10.4. The summed E-state index contributed by atoms with van der Waals surface area (Å²) in [6.07, 6.45) is 1.20. The number of piperidine rings is 1. The van der Waals surface area contributed by atoms with Crippen molar-refractivity contribution in [2.75, 3.05) is 25.5 Å². The van der Waals surface area contributed by atoms with Gasteiger partial charge in [0.1, 0.15) is 0 Å². The van der Waals surface area contributed by atoms with Crippen molar-refractivity contribution in [3.63, 3.8) is 0 Å². The van der Waals surface area contributed by atoms with Gasteiger partial charge in [-0.3, -0.25) is 4.79 Å². The Morgan fingerprint density at radius 1 is 1.11 bits per heavy atom. The number of rotatable bonds is 5. The zero-order valence-corrected chi connectivity index (χ0v) is 16.3. The van der Waals surface area contributed by atoms with Gasteiger partial charge < -0.3 is 10.1 Å². The van der Waals surface area contributed by atoms with Crippen LogP contribution in [0.1, 0.15) is 23.2 Å². The van der Waals surface area contributed by atoms with E-state index in [0.29, 0.717) is 25.1 Å². The standard InChI is InChI=1S/C20H22N2O5S/c1-27-20(24)15-7-5-11-18(13-15)28(25,26)22-12-6-8-16(14-22)19(23)21-17-9-3-2-4-10-17/h2-5,7,9-11,13,16H,6,8,12,14H2,1H3,(H,21,23). The maximum atomic E-state index is 13.0. The topological polar surface area (TPSA) is 92.8 Å². The van der Waals surface area contributed by atoms with Crippen molar-refractivity contribution in [2.45, 2.75) is 17.7 Å². The third-order valence-electron chi connectivity index (χ3n) is 4.69. The summed E-state index contributed by atoms with van der Waals surface area (Å²) in [4.78, 5) is 24.3. The minimum atomic E-state index is -3.82. The van der Waals surface area contributed by atoms with Gasteiger partial charge in [-0.25, -0.2) is 13.2 Å². The number of amides is 1. The van der Waals surface area contributed by atoms with Crippen LogP contribution in [0.3, 0.4) is 0 Å². The number of carbonyl (C=O) groups excluding carboxylic acids is 2. The summed E-state index contributed by atoms with van der Waals surface area (Å²) in [5.41, 5.74) is 0.845. The van der Waals surface area contributed by atoms with Crippen molar-refractivity contribution in [1.82, 2.24) is 4.31 Å². The van der Waals surface area contributed by atoms with Crippen molar-refractivity contribution in [2.24, 2.45) is 5.92 Å². The van der Waals surface area contributed by atoms with Crippen LogP contribution < -0.4 is 5.32 Å². The fourth-order valence-electron chi connectivity index (χ4n) is 3.19. The molecule has 1 aliphatic rings. The first-order valence-electron chi connectivity index (χ1n) is 8.96. The summed E-state index contributed by atoms with van der Waals surface area (Å²) < 4.78 is 32.0. The maximum absolute atomic E-state index is 13.0. The van der Waals surface area contributed by atoms with E-state index in [1.165, 1.54) is 35.7 Å². The molecule has 7 nitrogen and oxygen atoms in total. The van der Waals surface area contributed by atoms with Crippen LogP contribution in [0.5, 0.6) is 0 Å². The number of ether oxygens (including phenoxy) is 1. The van der Waals surface area contributed by atoms with Gasteiger partial charge in [0.15, 0.2) is 0 Å². The van der Waals surface area contributed by atoms with Gasteiger partial charge >= 0.3 is 5.97 Å². The molecule has 148 valence electrons. The number of anilines is 1. The number of nitrogens with zero attached hydrogens (tertiary/aromatic N) is 1. The lowest BCUT2D eigenvalue weighted by Gasteiger charge is -2.31. The van der Waals surface area contributed by atoms with Crippen molar-refractivity contribution >= 4 is 27.6 Å². The number of esters is 1. The third kappa shape index (κ3) is 4.40. The SMILES string of the molecule is COC(=O)c1cccc(S(=O)(=O)N2CCCC(C(=O)Nc3ccccc3)C2)c1. The average molecular weight is 402 g/mol. The van der Waals surface area contributed by atoms with Crippen molar-refractivity contribution in [1.29, 1.82) is 0 Å². The molecule has 1 atom stereocenters. The Hall–Kier alpha value is -2.71. The van der Waals surface area contributed by atoms with E-state index < -0.39 is 21.9 Å². The number of carbonyl (C=O) groups is 2. The van der Waals surface area contributed by atoms with Gasteiger partial charge in [0.05, 0.1) is 23.5 Å². The normalized spacial score (nSPS) is 17.7. The van der Waals surface area contributed by atoms with E-state index in [2.05, 4.69) is 10.1 Å². The van der Waals surface area contributed by atoms with E-state index in [4.69, 9.17) is 0 Å². The van der Waals surface area contributed by atoms with Gasteiger partial charge in [-0.15, -0.1) is 0 Å². The minimum Gasteiger partial charge on any atom is -0.465 e. The highest BCUT2D eigenvalue weighted by atomic mass is 32.2. The molecule has 28 heavy (non-hydrogen) atoms. The monoisotopic (exact) mass is 402 g/mol. The van der Waals surface area contributed by atoms with E-state index >= 15 is 0 Å². The third-order valence-corrected chi connectivity index (χ3v) is 6.55. The molecule has 0 spiro atoms. The Morgan fingerprint density at radius 3 is 2.57 bits per heavy atom. The number of methoxy groups -OCH3 is 1. The van der Waals surface area contributed by atoms with Crippen LogP contribution in [0.2, 0.25) is 0 Å². The van der Waals surface area contributed by atoms with Crippen molar-refractivity contribution in [3.05, 3.63) is 60.2 Å². The molecule has 0 bridgehead atoms. The van der Waals surface area contributed by atoms with Crippen LogP contribution in [0.25, 0.3) is 0 Å². The molecule has 1 fully saturated rings. The molecule has 1 heterocycles.